The Labute approximate surface area is 220 Å². The standard InChI is InChI=1S/2C8H7F3O.2C5H5.Zr/c2*9-8(10,11)5-6-3-1-2-4-7(6)12;2*1-2-4-5-3-1;/h2*1-4,12H,5H2;2*1-3H,4H2;/q;;2*-1;+2. The van der Waals surface area contributed by atoms with E-state index in [1.807, 2.05) is 24.3 Å². The van der Waals surface area contributed by atoms with Crippen LogP contribution in [-0.2, 0) is 39.0 Å². The second-order valence-corrected chi connectivity index (χ2v) is 6.85. The molecule has 186 valence electrons. The Hall–Kier alpha value is -2.54. The summed E-state index contributed by atoms with van der Waals surface area (Å²) in [6.45, 7) is 0. The minimum atomic E-state index is -4.27. The molecule has 35 heavy (non-hydrogen) atoms. The summed E-state index contributed by atoms with van der Waals surface area (Å²) in [7, 11) is 0. The van der Waals surface area contributed by atoms with Gasteiger partial charge in [-0.15, -0.1) is 12.8 Å². The van der Waals surface area contributed by atoms with Crippen LogP contribution < -0.4 is 0 Å². The maximum atomic E-state index is 11.8. The molecule has 4 rings (SSSR count). The summed E-state index contributed by atoms with van der Waals surface area (Å²) in [5.41, 5.74) is -0.185. The van der Waals surface area contributed by atoms with Crippen LogP contribution >= 0.6 is 0 Å². The number of para-hydroxylation sites is 2. The second kappa shape index (κ2) is 17.0. The van der Waals surface area contributed by atoms with E-state index in [0.29, 0.717) is 0 Å². The maximum Gasteiger partial charge on any atom is 2.00 e. The van der Waals surface area contributed by atoms with Gasteiger partial charge < -0.3 is 10.2 Å². The third-order valence-electron chi connectivity index (χ3n) is 3.94. The Bertz CT molecular complexity index is 877. The number of benzene rings is 2. The summed E-state index contributed by atoms with van der Waals surface area (Å²) in [6, 6.07) is 10.9. The van der Waals surface area contributed by atoms with Crippen molar-refractivity contribution in [1.29, 1.82) is 0 Å². The van der Waals surface area contributed by atoms with Crippen molar-refractivity contribution in [2.75, 3.05) is 0 Å². The van der Waals surface area contributed by atoms with Crippen molar-refractivity contribution in [3.8, 4) is 11.5 Å². The smallest absolute Gasteiger partial charge is 0.508 e. The number of alkyl halides is 6. The molecule has 0 aliphatic heterocycles. The average molecular weight is 574 g/mol. The molecule has 2 aromatic rings. The second-order valence-electron chi connectivity index (χ2n) is 6.85. The maximum absolute atomic E-state index is 11.8. The van der Waals surface area contributed by atoms with Crippen LogP contribution in [0.2, 0.25) is 0 Å². The predicted octanol–water partition coefficient (Wildman–Crippen LogP) is 7.60. The Morgan fingerprint density at radius 1 is 0.629 bits per heavy atom. The number of phenolic OH excluding ortho intramolecular Hbond substituents is 2. The summed E-state index contributed by atoms with van der Waals surface area (Å²) in [5.74, 6) is -0.621. The number of hydrogen-bond acceptors (Lipinski definition) is 2. The molecule has 0 spiro atoms. The fourth-order valence-corrected chi connectivity index (χ4v) is 2.43. The van der Waals surface area contributed by atoms with Crippen molar-refractivity contribution in [2.24, 2.45) is 0 Å². The molecule has 0 atom stereocenters. The first kappa shape index (κ1) is 32.5. The minimum Gasteiger partial charge on any atom is -0.508 e. The Morgan fingerprint density at radius 3 is 1.17 bits per heavy atom. The molecular formula is C26H24F6O2Zr. The summed E-state index contributed by atoms with van der Waals surface area (Å²) in [5, 5.41) is 17.9. The van der Waals surface area contributed by atoms with Gasteiger partial charge in [0.2, 0.25) is 0 Å². The zero-order valence-corrected chi connectivity index (χ0v) is 21.0. The van der Waals surface area contributed by atoms with Crippen LogP contribution in [0.5, 0.6) is 11.5 Å². The van der Waals surface area contributed by atoms with Crippen molar-refractivity contribution >= 4 is 0 Å². The van der Waals surface area contributed by atoms with E-state index in [2.05, 4.69) is 24.3 Å². The molecule has 0 unspecified atom stereocenters. The average Bonchev–Trinajstić information content (AvgIpc) is 3.49. The van der Waals surface area contributed by atoms with E-state index in [4.69, 9.17) is 10.2 Å². The summed E-state index contributed by atoms with van der Waals surface area (Å²) in [4.78, 5) is 0. The third-order valence-corrected chi connectivity index (χ3v) is 3.94. The monoisotopic (exact) mass is 572 g/mol. The van der Waals surface area contributed by atoms with Gasteiger partial charge in [-0.05, 0) is 12.1 Å². The van der Waals surface area contributed by atoms with Gasteiger partial charge in [-0.2, -0.15) is 38.5 Å². The predicted molar refractivity (Wildman–Crippen MR) is 119 cm³/mol. The van der Waals surface area contributed by atoms with Gasteiger partial charge in [0.25, 0.3) is 0 Å². The molecule has 0 aromatic heterocycles. The van der Waals surface area contributed by atoms with E-state index >= 15 is 0 Å². The Morgan fingerprint density at radius 2 is 0.971 bits per heavy atom. The molecule has 0 heterocycles. The van der Waals surface area contributed by atoms with Gasteiger partial charge in [-0.3, -0.25) is 12.2 Å². The number of aromatic hydroxyl groups is 2. The van der Waals surface area contributed by atoms with Gasteiger partial charge in [0.15, 0.2) is 0 Å². The van der Waals surface area contributed by atoms with Gasteiger partial charge in [0.1, 0.15) is 11.5 Å². The van der Waals surface area contributed by atoms with E-state index in [1.54, 1.807) is 0 Å². The van der Waals surface area contributed by atoms with Crippen molar-refractivity contribution < 1.29 is 62.8 Å². The van der Waals surface area contributed by atoms with E-state index in [0.717, 1.165) is 12.8 Å². The largest absolute Gasteiger partial charge is 2.00 e. The van der Waals surface area contributed by atoms with Crippen LogP contribution in [0.3, 0.4) is 0 Å². The zero-order valence-electron chi connectivity index (χ0n) is 18.6. The fraction of sp³-hybridized carbons (Fsp3) is 0.231. The van der Waals surface area contributed by atoms with E-state index in [-0.39, 0.29) is 48.8 Å². The van der Waals surface area contributed by atoms with Crippen LogP contribution in [0.1, 0.15) is 24.0 Å². The number of allylic oxidation sites excluding steroid dienone is 8. The van der Waals surface area contributed by atoms with Crippen molar-refractivity contribution in [3.63, 3.8) is 0 Å². The van der Waals surface area contributed by atoms with Crippen molar-refractivity contribution in [2.45, 2.75) is 38.0 Å². The van der Waals surface area contributed by atoms with Gasteiger partial charge in [-0.25, -0.2) is 24.3 Å². The van der Waals surface area contributed by atoms with Crippen LogP contribution in [0, 0.1) is 12.2 Å². The molecule has 0 fully saturated rings. The normalized spacial score (nSPS) is 13.0. The quantitative estimate of drug-likeness (QED) is 0.287. The van der Waals surface area contributed by atoms with Gasteiger partial charge in [0.05, 0.1) is 12.8 Å². The molecule has 2 aliphatic carbocycles. The molecule has 2 aliphatic rings. The molecule has 0 saturated carbocycles. The molecule has 9 heteroatoms. The van der Waals surface area contributed by atoms with Gasteiger partial charge in [0, 0.05) is 11.1 Å². The first-order valence-electron chi connectivity index (χ1n) is 10.1. The molecule has 0 saturated heterocycles. The molecule has 0 bridgehead atoms. The van der Waals surface area contributed by atoms with Gasteiger partial charge in [-0.1, -0.05) is 36.4 Å². The van der Waals surface area contributed by atoms with E-state index in [9.17, 15) is 26.3 Å². The Kier molecular flexibility index (Phi) is 15.8. The number of halogens is 6. The SMILES string of the molecule is Oc1ccccc1CC(F)(F)F.Oc1ccccc1CC(F)(F)F.[C-]1=CC=CC1.[C-]1=CC=CC1.[Zr+2]. The van der Waals surface area contributed by atoms with E-state index in [1.165, 1.54) is 48.5 Å². The number of hydrogen-bond donors (Lipinski definition) is 2. The topological polar surface area (TPSA) is 40.5 Å². The molecular weight excluding hydrogens is 549 g/mol. The molecule has 0 radical (unpaired) electrons. The van der Waals surface area contributed by atoms with Crippen molar-refractivity contribution in [3.05, 3.63) is 108 Å². The minimum absolute atomic E-state index is 0. The molecule has 2 nitrogen and oxygen atoms in total. The number of phenols is 2. The zero-order chi connectivity index (χ0) is 25.5. The molecule has 2 aromatic carbocycles. The van der Waals surface area contributed by atoms with Crippen LogP contribution in [0.15, 0.2) is 85.0 Å². The molecule has 2 N–H and O–H groups in total. The first-order chi connectivity index (χ1) is 16.0. The summed E-state index contributed by atoms with van der Waals surface area (Å²) in [6.07, 6.45) is 9.30. The molecule has 0 amide bonds. The van der Waals surface area contributed by atoms with E-state index < -0.39 is 25.2 Å². The van der Waals surface area contributed by atoms with Crippen LogP contribution in [-0.4, -0.2) is 22.6 Å². The van der Waals surface area contributed by atoms with Crippen molar-refractivity contribution in [1.82, 2.24) is 0 Å². The summed E-state index contributed by atoms with van der Waals surface area (Å²) >= 11 is 0. The van der Waals surface area contributed by atoms with Gasteiger partial charge >= 0.3 is 38.6 Å². The van der Waals surface area contributed by atoms with Crippen LogP contribution in [0.4, 0.5) is 26.3 Å². The third kappa shape index (κ3) is 17.5. The fourth-order valence-electron chi connectivity index (χ4n) is 2.43. The Balaban J connectivity index is 0.000000468. The summed E-state index contributed by atoms with van der Waals surface area (Å²) < 4.78 is 70.9. The number of rotatable bonds is 2. The first-order valence-corrected chi connectivity index (χ1v) is 10.1. The van der Waals surface area contributed by atoms with Crippen LogP contribution in [0.25, 0.3) is 0 Å².